The van der Waals surface area contributed by atoms with Crippen molar-refractivity contribution < 1.29 is 25.5 Å². The van der Waals surface area contributed by atoms with Gasteiger partial charge in [0.05, 0.1) is 25.4 Å². The first-order valence-corrected chi connectivity index (χ1v) is 4.61. The zero-order valence-electron chi connectivity index (χ0n) is 7.82. The predicted molar refractivity (Wildman–Crippen MR) is 47.6 cm³/mol. The lowest BCUT2D eigenvalue weighted by molar-refractivity contribution is -0.146. The van der Waals surface area contributed by atoms with E-state index in [0.29, 0.717) is 0 Å². The second kappa shape index (κ2) is 5.01. The van der Waals surface area contributed by atoms with Crippen molar-refractivity contribution in [2.24, 2.45) is 0 Å². The van der Waals surface area contributed by atoms with Gasteiger partial charge in [-0.1, -0.05) is 0 Å². The summed E-state index contributed by atoms with van der Waals surface area (Å²) in [6.07, 6.45) is -3.46. The molecule has 0 spiro atoms. The molecule has 6 nitrogen and oxygen atoms in total. The van der Waals surface area contributed by atoms with Crippen LogP contribution in [-0.4, -0.2) is 81.1 Å². The maximum atomic E-state index is 9.51. The minimum absolute atomic E-state index is 0.119. The van der Waals surface area contributed by atoms with Crippen LogP contribution in [0.1, 0.15) is 0 Å². The van der Waals surface area contributed by atoms with E-state index in [2.05, 4.69) is 0 Å². The van der Waals surface area contributed by atoms with Crippen molar-refractivity contribution in [1.29, 1.82) is 0 Å². The summed E-state index contributed by atoms with van der Waals surface area (Å²) in [5.41, 5.74) is 0. The van der Waals surface area contributed by atoms with E-state index in [0.717, 1.165) is 0 Å². The summed E-state index contributed by atoms with van der Waals surface area (Å²) >= 11 is 0. The first-order valence-electron chi connectivity index (χ1n) is 4.61. The second-order valence-electron chi connectivity index (χ2n) is 3.52. The van der Waals surface area contributed by atoms with E-state index in [4.69, 9.17) is 10.2 Å². The molecule has 1 aliphatic rings. The summed E-state index contributed by atoms with van der Waals surface area (Å²) in [4.78, 5) is 1.56. The Labute approximate surface area is 82.0 Å². The molecule has 0 aliphatic carbocycles. The Morgan fingerprint density at radius 3 is 2.21 bits per heavy atom. The van der Waals surface area contributed by atoms with E-state index in [1.165, 1.54) is 0 Å². The minimum atomic E-state index is -1.23. The Morgan fingerprint density at radius 2 is 1.71 bits per heavy atom. The molecule has 0 bridgehead atoms. The predicted octanol–water partition coefficient (Wildman–Crippen LogP) is -3.26. The van der Waals surface area contributed by atoms with Gasteiger partial charge >= 0.3 is 0 Å². The molecule has 14 heavy (non-hydrogen) atoms. The van der Waals surface area contributed by atoms with Crippen molar-refractivity contribution >= 4 is 0 Å². The highest BCUT2D eigenvalue weighted by atomic mass is 16.4. The van der Waals surface area contributed by atoms with Crippen LogP contribution < -0.4 is 0 Å². The standard InChI is InChI=1S/C8H17NO5/c10-2-1-9-3-6(12)8(14)7(13)5(9)4-11/h5-8,10-14H,1-4H2/t5-,6+,7+,8-/m0/s1. The van der Waals surface area contributed by atoms with Gasteiger partial charge in [0.25, 0.3) is 0 Å². The normalized spacial score (nSPS) is 40.1. The summed E-state index contributed by atoms with van der Waals surface area (Å²) in [6.45, 7) is -0.0347. The van der Waals surface area contributed by atoms with Gasteiger partial charge < -0.3 is 25.5 Å². The molecule has 1 fully saturated rings. The topological polar surface area (TPSA) is 104 Å². The molecule has 0 unspecified atom stereocenters. The average molecular weight is 207 g/mol. The zero-order valence-corrected chi connectivity index (χ0v) is 7.82. The van der Waals surface area contributed by atoms with E-state index in [1.807, 2.05) is 0 Å². The molecule has 0 radical (unpaired) electrons. The molecule has 1 saturated heterocycles. The van der Waals surface area contributed by atoms with Crippen LogP contribution in [0.4, 0.5) is 0 Å². The smallest absolute Gasteiger partial charge is 0.109 e. The molecule has 1 aliphatic heterocycles. The third-order valence-electron chi connectivity index (χ3n) is 2.60. The van der Waals surface area contributed by atoms with Crippen molar-refractivity contribution in [3.8, 4) is 0 Å². The Balaban J connectivity index is 2.66. The number of aliphatic hydroxyl groups excluding tert-OH is 5. The van der Waals surface area contributed by atoms with Gasteiger partial charge in [-0.2, -0.15) is 0 Å². The van der Waals surface area contributed by atoms with Gasteiger partial charge in [0, 0.05) is 13.1 Å². The van der Waals surface area contributed by atoms with Gasteiger partial charge in [0.15, 0.2) is 0 Å². The minimum Gasteiger partial charge on any atom is -0.395 e. The lowest BCUT2D eigenvalue weighted by Crippen LogP contribution is -2.62. The third kappa shape index (κ3) is 2.22. The maximum absolute atomic E-state index is 9.51. The number of aliphatic hydroxyl groups is 5. The first kappa shape index (κ1) is 11.8. The number of β-amino-alcohol motifs (C(OH)–C–C–N with tert-alkyl or cyclic N) is 2. The third-order valence-corrected chi connectivity index (χ3v) is 2.60. The molecule has 0 saturated carbocycles. The average Bonchev–Trinajstić information content (AvgIpc) is 2.16. The monoisotopic (exact) mass is 207 g/mol. The SMILES string of the molecule is OCCN1C[C@@H](O)[C@H](O)[C@H](O)[C@@H]1CO. The molecule has 0 aromatic carbocycles. The van der Waals surface area contributed by atoms with Crippen LogP contribution in [0.3, 0.4) is 0 Å². The van der Waals surface area contributed by atoms with Crippen molar-refractivity contribution in [1.82, 2.24) is 4.90 Å². The van der Waals surface area contributed by atoms with Gasteiger partial charge in [-0.05, 0) is 0 Å². The molecule has 5 N–H and O–H groups in total. The van der Waals surface area contributed by atoms with Crippen molar-refractivity contribution in [3.05, 3.63) is 0 Å². The van der Waals surface area contributed by atoms with Gasteiger partial charge in [-0.25, -0.2) is 0 Å². The molecule has 0 aromatic heterocycles. The van der Waals surface area contributed by atoms with Gasteiger partial charge in [0.1, 0.15) is 12.2 Å². The highest BCUT2D eigenvalue weighted by Crippen LogP contribution is 2.18. The molecule has 0 amide bonds. The maximum Gasteiger partial charge on any atom is 0.109 e. The lowest BCUT2D eigenvalue weighted by atomic mass is 9.94. The summed E-state index contributed by atoms with van der Waals surface area (Å²) in [5.74, 6) is 0. The Hall–Kier alpha value is -0.240. The van der Waals surface area contributed by atoms with Crippen molar-refractivity contribution in [2.45, 2.75) is 24.4 Å². The summed E-state index contributed by atoms with van der Waals surface area (Å²) in [7, 11) is 0. The lowest BCUT2D eigenvalue weighted by Gasteiger charge is -2.42. The Morgan fingerprint density at radius 1 is 1.07 bits per heavy atom. The van der Waals surface area contributed by atoms with Crippen molar-refractivity contribution in [3.63, 3.8) is 0 Å². The van der Waals surface area contributed by atoms with E-state index in [1.54, 1.807) is 4.90 Å². The quantitative estimate of drug-likeness (QED) is 0.333. The van der Waals surface area contributed by atoms with Crippen LogP contribution in [0.15, 0.2) is 0 Å². The van der Waals surface area contributed by atoms with Crippen LogP contribution in [0.25, 0.3) is 0 Å². The molecular formula is C8H17NO5. The van der Waals surface area contributed by atoms with E-state index < -0.39 is 24.4 Å². The number of rotatable bonds is 3. The van der Waals surface area contributed by atoms with Gasteiger partial charge in [-0.3, -0.25) is 4.90 Å². The fourth-order valence-corrected chi connectivity index (χ4v) is 1.76. The molecule has 1 rings (SSSR count). The van der Waals surface area contributed by atoms with Crippen molar-refractivity contribution in [2.75, 3.05) is 26.3 Å². The molecule has 0 aromatic rings. The fourth-order valence-electron chi connectivity index (χ4n) is 1.76. The molecule has 84 valence electrons. The van der Waals surface area contributed by atoms with Gasteiger partial charge in [-0.15, -0.1) is 0 Å². The highest BCUT2D eigenvalue weighted by Gasteiger charge is 2.40. The van der Waals surface area contributed by atoms with Crippen LogP contribution in [0.5, 0.6) is 0 Å². The number of piperidine rings is 1. The van der Waals surface area contributed by atoms with Crippen LogP contribution >= 0.6 is 0 Å². The summed E-state index contributed by atoms with van der Waals surface area (Å²) < 4.78 is 0. The largest absolute Gasteiger partial charge is 0.395 e. The molecule has 6 heteroatoms. The van der Waals surface area contributed by atoms with E-state index in [-0.39, 0.29) is 26.3 Å². The number of hydrogen-bond donors (Lipinski definition) is 5. The van der Waals surface area contributed by atoms with Gasteiger partial charge in [0.2, 0.25) is 0 Å². The Kier molecular flexibility index (Phi) is 4.24. The molecule has 4 atom stereocenters. The first-order chi connectivity index (χ1) is 6.61. The number of likely N-dealkylation sites (tertiary alicyclic amines) is 1. The van der Waals surface area contributed by atoms with Crippen LogP contribution in [0, 0.1) is 0 Å². The van der Waals surface area contributed by atoms with Crippen LogP contribution in [0.2, 0.25) is 0 Å². The second-order valence-corrected chi connectivity index (χ2v) is 3.52. The Bertz CT molecular complexity index is 179. The number of nitrogens with zero attached hydrogens (tertiary/aromatic N) is 1. The number of hydrogen-bond acceptors (Lipinski definition) is 6. The van der Waals surface area contributed by atoms with E-state index >= 15 is 0 Å². The molecule has 1 heterocycles. The fraction of sp³-hybridized carbons (Fsp3) is 1.00. The summed E-state index contributed by atoms with van der Waals surface area (Å²) in [5, 5.41) is 45.9. The highest BCUT2D eigenvalue weighted by molar-refractivity contribution is 4.93. The zero-order chi connectivity index (χ0) is 10.7. The van der Waals surface area contributed by atoms with Crippen LogP contribution in [-0.2, 0) is 0 Å². The summed E-state index contributed by atoms with van der Waals surface area (Å²) in [6, 6.07) is -0.624. The van der Waals surface area contributed by atoms with E-state index in [9.17, 15) is 15.3 Å². The molecular weight excluding hydrogens is 190 g/mol.